The molecule has 2 heterocycles. The van der Waals surface area contributed by atoms with Crippen molar-refractivity contribution in [3.05, 3.63) is 60.3 Å². The Morgan fingerprint density at radius 1 is 0.966 bits per heavy atom. The summed E-state index contributed by atoms with van der Waals surface area (Å²) in [6.45, 7) is 3.79. The Labute approximate surface area is 170 Å². The summed E-state index contributed by atoms with van der Waals surface area (Å²) >= 11 is 0. The maximum atomic E-state index is 11.5. The van der Waals surface area contributed by atoms with Crippen LogP contribution in [0.3, 0.4) is 0 Å². The highest BCUT2D eigenvalue weighted by Crippen LogP contribution is 2.23. The van der Waals surface area contributed by atoms with E-state index in [1.54, 1.807) is 18.3 Å². The molecule has 1 fully saturated rings. The monoisotopic (exact) mass is 388 g/mol. The summed E-state index contributed by atoms with van der Waals surface area (Å²) in [5, 5.41) is 14.4. The third-order valence-corrected chi connectivity index (χ3v) is 4.94. The molecular weight excluding hydrogens is 364 g/mol. The molecule has 0 unspecified atom stereocenters. The lowest BCUT2D eigenvalue weighted by Gasteiger charge is -2.28. The highest BCUT2D eigenvalue weighted by Gasteiger charge is 2.11. The number of ketones is 1. The van der Waals surface area contributed by atoms with Crippen LogP contribution in [0.2, 0.25) is 0 Å². The number of piperidine rings is 1. The van der Waals surface area contributed by atoms with Gasteiger partial charge in [-0.2, -0.15) is 10.1 Å². The largest absolute Gasteiger partial charge is 0.372 e. The molecule has 0 radical (unpaired) electrons. The Balaban J connectivity index is 1.43. The van der Waals surface area contributed by atoms with Crippen LogP contribution in [-0.2, 0) is 0 Å². The summed E-state index contributed by atoms with van der Waals surface area (Å²) in [4.78, 5) is 18.4. The Hall–Kier alpha value is -3.48. The molecule has 148 valence electrons. The van der Waals surface area contributed by atoms with Crippen molar-refractivity contribution in [1.29, 1.82) is 0 Å². The van der Waals surface area contributed by atoms with Crippen LogP contribution in [0, 0.1) is 0 Å². The molecule has 7 heteroatoms. The van der Waals surface area contributed by atoms with Gasteiger partial charge in [0.1, 0.15) is 0 Å². The standard InChI is InChI=1S/C22H24N6O/c1-16(29)17-6-5-7-19(14-17)25-22-26-21(15-23-27-22)24-18-8-10-20(11-9-18)28-12-3-2-4-13-28/h5-11,14-15H,2-4,12-13H2,1H3,(H2,24,25,26,27). The number of hydrogen-bond acceptors (Lipinski definition) is 7. The summed E-state index contributed by atoms with van der Waals surface area (Å²) in [6.07, 6.45) is 5.43. The number of carbonyl (C=O) groups is 1. The molecular formula is C22H24N6O. The summed E-state index contributed by atoms with van der Waals surface area (Å²) in [5.41, 5.74) is 3.56. The van der Waals surface area contributed by atoms with Gasteiger partial charge in [-0.05, 0) is 62.6 Å². The van der Waals surface area contributed by atoms with E-state index in [4.69, 9.17) is 0 Å². The molecule has 1 saturated heterocycles. The second kappa shape index (κ2) is 8.68. The Morgan fingerprint density at radius 3 is 2.52 bits per heavy atom. The van der Waals surface area contributed by atoms with E-state index in [0.29, 0.717) is 17.3 Å². The second-order valence-corrected chi connectivity index (χ2v) is 7.15. The minimum atomic E-state index is 0.0103. The van der Waals surface area contributed by atoms with Crippen molar-refractivity contribution >= 4 is 34.6 Å². The van der Waals surface area contributed by atoms with Crippen LogP contribution in [0.25, 0.3) is 0 Å². The number of rotatable bonds is 6. The van der Waals surface area contributed by atoms with Gasteiger partial charge in [0.2, 0.25) is 5.95 Å². The van der Waals surface area contributed by atoms with Gasteiger partial charge in [0.25, 0.3) is 0 Å². The van der Waals surface area contributed by atoms with E-state index in [1.165, 1.54) is 31.9 Å². The Kier molecular flexibility index (Phi) is 5.65. The number of benzene rings is 2. The molecule has 0 atom stereocenters. The maximum absolute atomic E-state index is 11.5. The highest BCUT2D eigenvalue weighted by molar-refractivity contribution is 5.95. The number of aromatic nitrogens is 3. The van der Waals surface area contributed by atoms with Gasteiger partial charge in [0, 0.05) is 35.7 Å². The molecule has 1 aliphatic rings. The molecule has 29 heavy (non-hydrogen) atoms. The van der Waals surface area contributed by atoms with Gasteiger partial charge in [0.05, 0.1) is 6.20 Å². The molecule has 2 N–H and O–H groups in total. The number of nitrogens with one attached hydrogen (secondary N) is 2. The normalized spacial score (nSPS) is 13.8. The van der Waals surface area contributed by atoms with Crippen LogP contribution in [0.4, 0.5) is 28.8 Å². The van der Waals surface area contributed by atoms with Crippen molar-refractivity contribution in [2.75, 3.05) is 28.6 Å². The topological polar surface area (TPSA) is 83.0 Å². The van der Waals surface area contributed by atoms with Crippen molar-refractivity contribution < 1.29 is 4.79 Å². The Bertz CT molecular complexity index is 983. The van der Waals surface area contributed by atoms with Gasteiger partial charge < -0.3 is 15.5 Å². The van der Waals surface area contributed by atoms with Crippen molar-refractivity contribution in [2.45, 2.75) is 26.2 Å². The lowest BCUT2D eigenvalue weighted by molar-refractivity contribution is 0.101. The molecule has 0 amide bonds. The van der Waals surface area contributed by atoms with Crippen LogP contribution in [-0.4, -0.2) is 34.1 Å². The zero-order valence-corrected chi connectivity index (χ0v) is 16.4. The van der Waals surface area contributed by atoms with Gasteiger partial charge in [0.15, 0.2) is 11.6 Å². The van der Waals surface area contributed by atoms with Gasteiger partial charge in [-0.3, -0.25) is 4.79 Å². The van der Waals surface area contributed by atoms with E-state index in [-0.39, 0.29) is 5.78 Å². The molecule has 1 aliphatic heterocycles. The first-order valence-electron chi connectivity index (χ1n) is 9.87. The smallest absolute Gasteiger partial charge is 0.249 e. The minimum Gasteiger partial charge on any atom is -0.372 e. The quantitative estimate of drug-likeness (QED) is 0.599. The van der Waals surface area contributed by atoms with Crippen LogP contribution < -0.4 is 15.5 Å². The van der Waals surface area contributed by atoms with E-state index in [0.717, 1.165) is 24.5 Å². The van der Waals surface area contributed by atoms with E-state index in [9.17, 15) is 4.79 Å². The average Bonchev–Trinajstić information content (AvgIpc) is 2.75. The van der Waals surface area contributed by atoms with E-state index in [1.807, 2.05) is 12.1 Å². The Morgan fingerprint density at radius 2 is 1.76 bits per heavy atom. The molecule has 3 aromatic rings. The van der Waals surface area contributed by atoms with Crippen LogP contribution in [0.5, 0.6) is 0 Å². The zero-order chi connectivity index (χ0) is 20.1. The van der Waals surface area contributed by atoms with E-state index >= 15 is 0 Å². The maximum Gasteiger partial charge on any atom is 0.249 e. The zero-order valence-electron chi connectivity index (χ0n) is 16.4. The first-order valence-corrected chi connectivity index (χ1v) is 9.87. The third-order valence-electron chi connectivity index (χ3n) is 4.94. The second-order valence-electron chi connectivity index (χ2n) is 7.15. The molecule has 2 aromatic carbocycles. The van der Waals surface area contributed by atoms with E-state index in [2.05, 4.69) is 55.0 Å². The van der Waals surface area contributed by atoms with E-state index < -0.39 is 0 Å². The summed E-state index contributed by atoms with van der Waals surface area (Å²) in [7, 11) is 0. The summed E-state index contributed by atoms with van der Waals surface area (Å²) in [6, 6.07) is 15.6. The first kappa shape index (κ1) is 18.9. The third kappa shape index (κ3) is 4.87. The fourth-order valence-corrected chi connectivity index (χ4v) is 3.42. The van der Waals surface area contributed by atoms with Crippen LogP contribution in [0.1, 0.15) is 36.5 Å². The van der Waals surface area contributed by atoms with Crippen molar-refractivity contribution in [3.8, 4) is 0 Å². The van der Waals surface area contributed by atoms with Crippen molar-refractivity contribution in [3.63, 3.8) is 0 Å². The fraction of sp³-hybridized carbons (Fsp3) is 0.273. The molecule has 0 bridgehead atoms. The number of Topliss-reactive ketones (excluding diaryl/α,β-unsaturated/α-hetero) is 1. The molecule has 0 aliphatic carbocycles. The molecule has 0 saturated carbocycles. The van der Waals surface area contributed by atoms with Crippen LogP contribution in [0.15, 0.2) is 54.7 Å². The number of hydrogen-bond donors (Lipinski definition) is 2. The minimum absolute atomic E-state index is 0.0103. The van der Waals surface area contributed by atoms with Gasteiger partial charge >= 0.3 is 0 Å². The molecule has 0 spiro atoms. The van der Waals surface area contributed by atoms with Gasteiger partial charge in [-0.25, -0.2) is 0 Å². The number of carbonyl (C=O) groups excluding carboxylic acids is 1. The lowest BCUT2D eigenvalue weighted by Crippen LogP contribution is -2.29. The highest BCUT2D eigenvalue weighted by atomic mass is 16.1. The lowest BCUT2D eigenvalue weighted by atomic mass is 10.1. The van der Waals surface area contributed by atoms with Crippen LogP contribution >= 0.6 is 0 Å². The molecule has 4 rings (SSSR count). The number of anilines is 5. The van der Waals surface area contributed by atoms with Crippen molar-refractivity contribution in [1.82, 2.24) is 15.2 Å². The SMILES string of the molecule is CC(=O)c1cccc(Nc2nncc(Nc3ccc(N4CCCCC4)cc3)n2)c1. The summed E-state index contributed by atoms with van der Waals surface area (Å²) in [5.74, 6) is 0.965. The van der Waals surface area contributed by atoms with Gasteiger partial charge in [-0.15, -0.1) is 5.10 Å². The first-order chi connectivity index (χ1) is 14.2. The average molecular weight is 388 g/mol. The molecule has 1 aromatic heterocycles. The van der Waals surface area contributed by atoms with Gasteiger partial charge in [-0.1, -0.05) is 12.1 Å². The van der Waals surface area contributed by atoms with Crippen molar-refractivity contribution in [2.24, 2.45) is 0 Å². The summed E-state index contributed by atoms with van der Waals surface area (Å²) < 4.78 is 0. The predicted octanol–water partition coefficient (Wildman–Crippen LogP) is 4.55. The fourth-order valence-electron chi connectivity index (χ4n) is 3.42. The predicted molar refractivity (Wildman–Crippen MR) is 115 cm³/mol. The molecule has 7 nitrogen and oxygen atoms in total. The number of nitrogens with zero attached hydrogens (tertiary/aromatic N) is 4.